The van der Waals surface area contributed by atoms with Crippen molar-refractivity contribution < 1.29 is 9.13 Å². The summed E-state index contributed by atoms with van der Waals surface area (Å²) in [5, 5.41) is 0. The number of nitrogens with two attached hydrogens (primary N) is 1. The van der Waals surface area contributed by atoms with Crippen molar-refractivity contribution >= 4 is 0 Å². The lowest BCUT2D eigenvalue weighted by Gasteiger charge is -2.11. The first kappa shape index (κ1) is 13.6. The maximum Gasteiger partial charge on any atom is 0.123 e. The van der Waals surface area contributed by atoms with Gasteiger partial charge in [-0.15, -0.1) is 0 Å². The van der Waals surface area contributed by atoms with E-state index < -0.39 is 0 Å². The zero-order chi connectivity index (χ0) is 13.8. The van der Waals surface area contributed by atoms with E-state index >= 15 is 0 Å². The quantitative estimate of drug-likeness (QED) is 0.908. The Balaban J connectivity index is 2.08. The predicted octanol–water partition coefficient (Wildman–Crippen LogP) is 3.73. The van der Waals surface area contributed by atoms with Crippen molar-refractivity contribution in [3.8, 4) is 5.75 Å². The molecule has 2 nitrogen and oxygen atoms in total. The first-order valence-corrected chi connectivity index (χ1v) is 6.29. The van der Waals surface area contributed by atoms with Gasteiger partial charge in [0.05, 0.1) is 0 Å². The van der Waals surface area contributed by atoms with E-state index in [9.17, 15) is 4.39 Å². The average Bonchev–Trinajstić information content (AvgIpc) is 2.38. The van der Waals surface area contributed by atoms with Crippen LogP contribution in [-0.4, -0.2) is 0 Å². The lowest BCUT2D eigenvalue weighted by molar-refractivity contribution is 0.305. The SMILES string of the molecule is Cc1cc(F)ccc1COc1cccc([C@@H](C)N)c1. The summed E-state index contributed by atoms with van der Waals surface area (Å²) in [6.45, 7) is 4.23. The number of halogens is 1. The number of hydrogen-bond acceptors (Lipinski definition) is 2. The zero-order valence-electron chi connectivity index (χ0n) is 11.2. The van der Waals surface area contributed by atoms with Gasteiger partial charge in [0.25, 0.3) is 0 Å². The van der Waals surface area contributed by atoms with Crippen molar-refractivity contribution in [1.82, 2.24) is 0 Å². The predicted molar refractivity (Wildman–Crippen MR) is 74.5 cm³/mol. The molecule has 2 aromatic rings. The van der Waals surface area contributed by atoms with Crippen LogP contribution in [0.5, 0.6) is 5.75 Å². The summed E-state index contributed by atoms with van der Waals surface area (Å²) >= 11 is 0. The molecule has 0 aliphatic carbocycles. The van der Waals surface area contributed by atoms with Crippen LogP contribution in [0.4, 0.5) is 4.39 Å². The zero-order valence-corrected chi connectivity index (χ0v) is 11.2. The van der Waals surface area contributed by atoms with Gasteiger partial charge in [0.1, 0.15) is 18.2 Å². The van der Waals surface area contributed by atoms with E-state index in [1.165, 1.54) is 12.1 Å². The molecular weight excluding hydrogens is 241 g/mol. The fraction of sp³-hybridized carbons (Fsp3) is 0.250. The second-order valence-corrected chi connectivity index (χ2v) is 4.72. The summed E-state index contributed by atoms with van der Waals surface area (Å²) in [6.07, 6.45) is 0. The molecule has 0 unspecified atom stereocenters. The standard InChI is InChI=1S/C16H18FNO/c1-11-8-15(17)7-6-14(11)10-19-16-5-3-4-13(9-16)12(2)18/h3-9,12H,10,18H2,1-2H3/t12-/m1/s1. The van der Waals surface area contributed by atoms with Crippen LogP contribution in [-0.2, 0) is 6.61 Å². The smallest absolute Gasteiger partial charge is 0.123 e. The summed E-state index contributed by atoms with van der Waals surface area (Å²) in [7, 11) is 0. The molecule has 0 fully saturated rings. The normalized spacial score (nSPS) is 12.2. The Labute approximate surface area is 113 Å². The Kier molecular flexibility index (Phi) is 4.17. The molecule has 0 aliphatic heterocycles. The van der Waals surface area contributed by atoms with Gasteiger partial charge in [0, 0.05) is 6.04 Å². The molecule has 0 saturated heterocycles. The van der Waals surface area contributed by atoms with Gasteiger partial charge in [-0.2, -0.15) is 0 Å². The Hall–Kier alpha value is -1.87. The lowest BCUT2D eigenvalue weighted by atomic mass is 10.1. The van der Waals surface area contributed by atoms with Gasteiger partial charge in [0.15, 0.2) is 0 Å². The molecule has 3 heteroatoms. The van der Waals surface area contributed by atoms with Crippen LogP contribution in [0.15, 0.2) is 42.5 Å². The van der Waals surface area contributed by atoms with Crippen LogP contribution >= 0.6 is 0 Å². The van der Waals surface area contributed by atoms with Gasteiger partial charge in [0.2, 0.25) is 0 Å². The van der Waals surface area contributed by atoms with E-state index in [1.54, 1.807) is 6.07 Å². The largest absolute Gasteiger partial charge is 0.489 e. The van der Waals surface area contributed by atoms with Crippen LogP contribution in [0, 0.1) is 12.7 Å². The van der Waals surface area contributed by atoms with Gasteiger partial charge < -0.3 is 10.5 Å². The number of aryl methyl sites for hydroxylation is 1. The highest BCUT2D eigenvalue weighted by Gasteiger charge is 2.04. The molecule has 2 N–H and O–H groups in total. The van der Waals surface area contributed by atoms with Crippen LogP contribution in [0.25, 0.3) is 0 Å². The van der Waals surface area contributed by atoms with Crippen molar-refractivity contribution in [3.63, 3.8) is 0 Å². The molecule has 0 heterocycles. The third-order valence-electron chi connectivity index (χ3n) is 3.08. The fourth-order valence-corrected chi connectivity index (χ4v) is 1.87. The van der Waals surface area contributed by atoms with Crippen LogP contribution in [0.3, 0.4) is 0 Å². The van der Waals surface area contributed by atoms with E-state index in [-0.39, 0.29) is 11.9 Å². The number of benzene rings is 2. The molecule has 0 spiro atoms. The Bertz CT molecular complexity index is 566. The van der Waals surface area contributed by atoms with Crippen LogP contribution in [0.2, 0.25) is 0 Å². The average molecular weight is 259 g/mol. The second kappa shape index (κ2) is 5.85. The van der Waals surface area contributed by atoms with E-state index in [1.807, 2.05) is 38.1 Å². The van der Waals surface area contributed by atoms with Crippen molar-refractivity contribution in [3.05, 3.63) is 65.0 Å². The van der Waals surface area contributed by atoms with E-state index in [2.05, 4.69) is 0 Å². The van der Waals surface area contributed by atoms with Gasteiger partial charge in [-0.3, -0.25) is 0 Å². The summed E-state index contributed by atoms with van der Waals surface area (Å²) in [4.78, 5) is 0. The maximum atomic E-state index is 13.0. The van der Waals surface area contributed by atoms with E-state index in [0.29, 0.717) is 6.61 Å². The third-order valence-corrected chi connectivity index (χ3v) is 3.08. The monoisotopic (exact) mass is 259 g/mol. The minimum absolute atomic E-state index is 0.0175. The van der Waals surface area contributed by atoms with Crippen LogP contribution in [0.1, 0.15) is 29.7 Å². The number of ether oxygens (including phenoxy) is 1. The third kappa shape index (κ3) is 3.55. The van der Waals surface area contributed by atoms with Crippen molar-refractivity contribution in [2.24, 2.45) is 5.73 Å². The highest BCUT2D eigenvalue weighted by Crippen LogP contribution is 2.19. The molecule has 0 amide bonds. The molecule has 0 bridgehead atoms. The Morgan fingerprint density at radius 1 is 1.21 bits per heavy atom. The Morgan fingerprint density at radius 3 is 2.68 bits per heavy atom. The molecule has 0 aliphatic rings. The summed E-state index contributed by atoms with van der Waals surface area (Å²) in [5.41, 5.74) is 8.74. The summed E-state index contributed by atoms with van der Waals surface area (Å²) in [5.74, 6) is 0.554. The molecule has 0 saturated carbocycles. The Morgan fingerprint density at radius 2 is 2.00 bits per heavy atom. The minimum Gasteiger partial charge on any atom is -0.489 e. The molecule has 19 heavy (non-hydrogen) atoms. The number of hydrogen-bond donors (Lipinski definition) is 1. The fourth-order valence-electron chi connectivity index (χ4n) is 1.87. The highest BCUT2D eigenvalue weighted by atomic mass is 19.1. The van der Waals surface area contributed by atoms with Gasteiger partial charge >= 0.3 is 0 Å². The molecule has 100 valence electrons. The van der Waals surface area contributed by atoms with Crippen molar-refractivity contribution in [2.45, 2.75) is 26.5 Å². The highest BCUT2D eigenvalue weighted by molar-refractivity contribution is 5.31. The minimum atomic E-state index is -0.222. The summed E-state index contributed by atoms with van der Waals surface area (Å²) in [6, 6.07) is 12.4. The summed E-state index contributed by atoms with van der Waals surface area (Å²) < 4.78 is 18.7. The second-order valence-electron chi connectivity index (χ2n) is 4.72. The van der Waals surface area contributed by atoms with Gasteiger partial charge in [-0.05, 0) is 54.8 Å². The topological polar surface area (TPSA) is 35.2 Å². The first-order valence-electron chi connectivity index (χ1n) is 6.29. The van der Waals surface area contributed by atoms with Gasteiger partial charge in [-0.25, -0.2) is 4.39 Å². The van der Waals surface area contributed by atoms with Crippen LogP contribution < -0.4 is 10.5 Å². The van der Waals surface area contributed by atoms with E-state index in [0.717, 1.165) is 22.4 Å². The first-order chi connectivity index (χ1) is 9.06. The van der Waals surface area contributed by atoms with E-state index in [4.69, 9.17) is 10.5 Å². The molecule has 1 atom stereocenters. The number of rotatable bonds is 4. The van der Waals surface area contributed by atoms with Crippen molar-refractivity contribution in [2.75, 3.05) is 0 Å². The lowest BCUT2D eigenvalue weighted by Crippen LogP contribution is -2.05. The molecule has 2 rings (SSSR count). The maximum absolute atomic E-state index is 13.0. The molecular formula is C16H18FNO. The molecule has 0 aromatic heterocycles. The molecule has 0 radical (unpaired) electrons. The van der Waals surface area contributed by atoms with Gasteiger partial charge in [-0.1, -0.05) is 18.2 Å². The van der Waals surface area contributed by atoms with Crippen molar-refractivity contribution in [1.29, 1.82) is 0 Å². The molecule has 2 aromatic carbocycles.